The van der Waals surface area contributed by atoms with E-state index in [2.05, 4.69) is 10.3 Å². The number of hydrogen-bond acceptors (Lipinski definition) is 3. The largest absolute Gasteiger partial charge is 0.354 e. The van der Waals surface area contributed by atoms with Gasteiger partial charge in [-0.15, -0.1) is 0 Å². The van der Waals surface area contributed by atoms with Gasteiger partial charge in [-0.25, -0.2) is 0 Å². The molecule has 17 heavy (non-hydrogen) atoms. The van der Waals surface area contributed by atoms with Gasteiger partial charge in [0.2, 0.25) is 5.91 Å². The maximum atomic E-state index is 11.8. The standard InChI is InChI=1S/C13H21N3O/c1-3-10(2)16-13(17)8-12(9-14)11-4-6-15-7-5-11/h4-7,10,12H,3,8-9,14H2,1-2H3,(H,16,17). The molecule has 0 fully saturated rings. The fourth-order valence-corrected chi connectivity index (χ4v) is 1.63. The summed E-state index contributed by atoms with van der Waals surface area (Å²) in [5, 5.41) is 2.95. The zero-order chi connectivity index (χ0) is 12.7. The van der Waals surface area contributed by atoms with Crippen LogP contribution in [0.4, 0.5) is 0 Å². The number of nitrogens with zero attached hydrogens (tertiary/aromatic N) is 1. The van der Waals surface area contributed by atoms with Crippen molar-refractivity contribution in [3.05, 3.63) is 30.1 Å². The van der Waals surface area contributed by atoms with Crippen molar-refractivity contribution >= 4 is 5.91 Å². The normalized spacial score (nSPS) is 14.1. The molecular weight excluding hydrogens is 214 g/mol. The Kier molecular flexibility index (Phi) is 5.63. The maximum absolute atomic E-state index is 11.8. The third-order valence-corrected chi connectivity index (χ3v) is 2.91. The first-order valence-electron chi connectivity index (χ1n) is 6.06. The topological polar surface area (TPSA) is 68.0 Å². The minimum Gasteiger partial charge on any atom is -0.354 e. The molecule has 0 radical (unpaired) electrons. The summed E-state index contributed by atoms with van der Waals surface area (Å²) < 4.78 is 0. The summed E-state index contributed by atoms with van der Waals surface area (Å²) in [7, 11) is 0. The van der Waals surface area contributed by atoms with Gasteiger partial charge in [-0.05, 0) is 37.6 Å². The predicted molar refractivity (Wildman–Crippen MR) is 68.5 cm³/mol. The van der Waals surface area contributed by atoms with E-state index in [0.717, 1.165) is 12.0 Å². The average molecular weight is 235 g/mol. The Morgan fingerprint density at radius 1 is 1.47 bits per heavy atom. The van der Waals surface area contributed by atoms with Gasteiger partial charge >= 0.3 is 0 Å². The van der Waals surface area contributed by atoms with Crippen LogP contribution < -0.4 is 11.1 Å². The Morgan fingerprint density at radius 2 is 2.12 bits per heavy atom. The van der Waals surface area contributed by atoms with Gasteiger partial charge in [-0.1, -0.05) is 6.92 Å². The molecule has 1 aromatic rings. The fraction of sp³-hybridized carbons (Fsp3) is 0.538. The van der Waals surface area contributed by atoms with Gasteiger partial charge in [0.25, 0.3) is 0 Å². The molecule has 1 aromatic heterocycles. The molecule has 0 spiro atoms. The third kappa shape index (κ3) is 4.53. The lowest BCUT2D eigenvalue weighted by Gasteiger charge is -2.17. The monoisotopic (exact) mass is 235 g/mol. The molecule has 0 bridgehead atoms. The lowest BCUT2D eigenvalue weighted by Crippen LogP contribution is -2.33. The molecule has 4 nitrogen and oxygen atoms in total. The molecule has 0 aliphatic carbocycles. The second-order valence-electron chi connectivity index (χ2n) is 4.29. The van der Waals surface area contributed by atoms with Crippen LogP contribution in [0.1, 0.15) is 38.2 Å². The Labute approximate surface area is 103 Å². The molecule has 0 aliphatic rings. The van der Waals surface area contributed by atoms with Gasteiger partial charge in [-0.2, -0.15) is 0 Å². The molecule has 1 heterocycles. The van der Waals surface area contributed by atoms with Gasteiger partial charge in [0.05, 0.1) is 0 Å². The highest BCUT2D eigenvalue weighted by molar-refractivity contribution is 5.77. The lowest BCUT2D eigenvalue weighted by atomic mass is 9.96. The molecule has 0 saturated carbocycles. The van der Waals surface area contributed by atoms with Crippen LogP contribution in [0, 0.1) is 0 Å². The van der Waals surface area contributed by atoms with Crippen molar-refractivity contribution in [1.82, 2.24) is 10.3 Å². The molecule has 94 valence electrons. The number of nitrogens with one attached hydrogen (secondary N) is 1. The quantitative estimate of drug-likeness (QED) is 0.783. The number of carbonyl (C=O) groups excluding carboxylic acids is 1. The molecule has 3 N–H and O–H groups in total. The van der Waals surface area contributed by atoms with Crippen molar-refractivity contribution in [2.24, 2.45) is 5.73 Å². The van der Waals surface area contributed by atoms with E-state index >= 15 is 0 Å². The van der Waals surface area contributed by atoms with Gasteiger partial charge in [0.1, 0.15) is 0 Å². The van der Waals surface area contributed by atoms with Crippen LogP contribution in [0.5, 0.6) is 0 Å². The minimum atomic E-state index is 0.0617. The molecule has 2 unspecified atom stereocenters. The predicted octanol–water partition coefficient (Wildman–Crippen LogP) is 1.43. The van der Waals surface area contributed by atoms with Gasteiger partial charge in [0, 0.05) is 30.8 Å². The Balaban J connectivity index is 2.56. The Bertz CT molecular complexity index is 340. The number of hydrogen-bond donors (Lipinski definition) is 2. The van der Waals surface area contributed by atoms with Crippen molar-refractivity contribution in [3.63, 3.8) is 0 Å². The first kappa shape index (κ1) is 13.6. The van der Waals surface area contributed by atoms with Crippen LogP contribution in [0.25, 0.3) is 0 Å². The SMILES string of the molecule is CCC(C)NC(=O)CC(CN)c1ccncc1. The van der Waals surface area contributed by atoms with E-state index in [-0.39, 0.29) is 17.9 Å². The number of aromatic nitrogens is 1. The zero-order valence-electron chi connectivity index (χ0n) is 10.5. The molecule has 0 saturated heterocycles. The summed E-state index contributed by atoms with van der Waals surface area (Å²) in [6.07, 6.45) is 4.83. The van der Waals surface area contributed by atoms with Crippen LogP contribution >= 0.6 is 0 Å². The first-order chi connectivity index (χ1) is 8.17. The smallest absolute Gasteiger partial charge is 0.220 e. The zero-order valence-corrected chi connectivity index (χ0v) is 10.5. The summed E-state index contributed by atoms with van der Waals surface area (Å²) in [6.45, 7) is 4.52. The second-order valence-corrected chi connectivity index (χ2v) is 4.29. The van der Waals surface area contributed by atoms with Crippen molar-refractivity contribution in [1.29, 1.82) is 0 Å². The molecule has 1 rings (SSSR count). The summed E-state index contributed by atoms with van der Waals surface area (Å²) >= 11 is 0. The molecule has 1 amide bonds. The molecule has 4 heteroatoms. The van der Waals surface area contributed by atoms with E-state index in [1.807, 2.05) is 26.0 Å². The van der Waals surface area contributed by atoms with E-state index in [0.29, 0.717) is 13.0 Å². The van der Waals surface area contributed by atoms with Gasteiger partial charge in [0.15, 0.2) is 0 Å². The highest BCUT2D eigenvalue weighted by Crippen LogP contribution is 2.17. The minimum absolute atomic E-state index is 0.0617. The van der Waals surface area contributed by atoms with Crippen LogP contribution in [-0.2, 0) is 4.79 Å². The van der Waals surface area contributed by atoms with Crippen LogP contribution in [0.2, 0.25) is 0 Å². The lowest BCUT2D eigenvalue weighted by molar-refractivity contribution is -0.122. The van der Waals surface area contributed by atoms with Crippen molar-refractivity contribution in [3.8, 4) is 0 Å². The van der Waals surface area contributed by atoms with E-state index in [9.17, 15) is 4.79 Å². The average Bonchev–Trinajstić information content (AvgIpc) is 2.36. The van der Waals surface area contributed by atoms with Crippen molar-refractivity contribution in [2.45, 2.75) is 38.6 Å². The Morgan fingerprint density at radius 3 is 2.65 bits per heavy atom. The number of pyridine rings is 1. The third-order valence-electron chi connectivity index (χ3n) is 2.91. The fourth-order valence-electron chi connectivity index (χ4n) is 1.63. The van der Waals surface area contributed by atoms with Crippen molar-refractivity contribution < 1.29 is 4.79 Å². The van der Waals surface area contributed by atoms with E-state index < -0.39 is 0 Å². The van der Waals surface area contributed by atoms with E-state index in [1.54, 1.807) is 12.4 Å². The van der Waals surface area contributed by atoms with Crippen LogP contribution in [0.15, 0.2) is 24.5 Å². The highest BCUT2D eigenvalue weighted by atomic mass is 16.1. The summed E-state index contributed by atoms with van der Waals surface area (Å²) in [5.74, 6) is 0.133. The number of nitrogens with two attached hydrogens (primary N) is 1. The van der Waals surface area contributed by atoms with Gasteiger partial charge in [-0.3, -0.25) is 9.78 Å². The summed E-state index contributed by atoms with van der Waals surface area (Å²) in [5.41, 5.74) is 6.79. The summed E-state index contributed by atoms with van der Waals surface area (Å²) in [6, 6.07) is 4.04. The highest BCUT2D eigenvalue weighted by Gasteiger charge is 2.15. The van der Waals surface area contributed by atoms with Crippen LogP contribution in [0.3, 0.4) is 0 Å². The first-order valence-corrected chi connectivity index (χ1v) is 6.06. The number of rotatable bonds is 6. The van der Waals surface area contributed by atoms with Crippen molar-refractivity contribution in [2.75, 3.05) is 6.54 Å². The van der Waals surface area contributed by atoms with E-state index in [4.69, 9.17) is 5.73 Å². The molecular formula is C13H21N3O. The summed E-state index contributed by atoms with van der Waals surface area (Å²) in [4.78, 5) is 15.7. The molecule has 0 aromatic carbocycles. The molecule has 2 atom stereocenters. The Hall–Kier alpha value is -1.42. The second kappa shape index (κ2) is 7.01. The maximum Gasteiger partial charge on any atom is 0.220 e. The number of carbonyl (C=O) groups is 1. The van der Waals surface area contributed by atoms with Crippen LogP contribution in [-0.4, -0.2) is 23.5 Å². The van der Waals surface area contributed by atoms with E-state index in [1.165, 1.54) is 0 Å². The van der Waals surface area contributed by atoms with Gasteiger partial charge < -0.3 is 11.1 Å². The number of amides is 1. The molecule has 0 aliphatic heterocycles.